The van der Waals surface area contributed by atoms with Gasteiger partial charge in [0.25, 0.3) is 5.91 Å². The van der Waals surface area contributed by atoms with Gasteiger partial charge in [-0.3, -0.25) is 19.5 Å². The van der Waals surface area contributed by atoms with E-state index in [2.05, 4.69) is 25.7 Å². The van der Waals surface area contributed by atoms with Crippen LogP contribution in [0, 0.1) is 5.82 Å². The number of benzene rings is 2. The third-order valence-corrected chi connectivity index (χ3v) is 6.93. The Morgan fingerprint density at radius 1 is 1.05 bits per heavy atom. The molecule has 39 heavy (non-hydrogen) atoms. The lowest BCUT2D eigenvalue weighted by atomic mass is 9.95. The van der Waals surface area contributed by atoms with E-state index in [0.717, 1.165) is 48.5 Å². The van der Waals surface area contributed by atoms with Crippen molar-refractivity contribution in [2.24, 2.45) is 0 Å². The maximum atomic E-state index is 14.1. The van der Waals surface area contributed by atoms with Crippen molar-refractivity contribution in [3.8, 4) is 11.4 Å². The van der Waals surface area contributed by atoms with Gasteiger partial charge in [-0.05, 0) is 48.4 Å². The van der Waals surface area contributed by atoms with E-state index in [4.69, 9.17) is 11.6 Å². The van der Waals surface area contributed by atoms with Crippen LogP contribution in [0.3, 0.4) is 0 Å². The largest absolute Gasteiger partial charge is 0.351 e. The first kappa shape index (κ1) is 26.4. The first-order chi connectivity index (χ1) is 19.0. The summed E-state index contributed by atoms with van der Waals surface area (Å²) in [6.07, 6.45) is 6.46. The van der Waals surface area contributed by atoms with Crippen molar-refractivity contribution in [3.05, 3.63) is 89.5 Å². The highest BCUT2D eigenvalue weighted by atomic mass is 35.5. The van der Waals surface area contributed by atoms with Crippen LogP contribution in [0.1, 0.15) is 43.8 Å². The lowest BCUT2D eigenvalue weighted by molar-refractivity contribution is -0.127. The molecule has 1 N–H and O–H groups in total. The van der Waals surface area contributed by atoms with Crippen molar-refractivity contribution in [1.29, 1.82) is 0 Å². The van der Waals surface area contributed by atoms with E-state index < -0.39 is 17.8 Å². The standard InChI is InChI=1S/C28H27ClFN7O2/c29-22-17-21(14-15-23(22)30)37(25(38)18-36-34-27(33-35-36)19-9-3-1-4-10-19)26(24-13-7-8-16-31-24)28(39)32-20-11-5-2-6-12-20/h1,3-4,7-10,13-17,20,26H,2,5-6,11-12,18H2,(H,32,39). The van der Waals surface area contributed by atoms with Gasteiger partial charge in [-0.25, -0.2) is 4.39 Å². The molecule has 200 valence electrons. The van der Waals surface area contributed by atoms with Gasteiger partial charge < -0.3 is 5.32 Å². The molecule has 2 aromatic carbocycles. The van der Waals surface area contributed by atoms with Gasteiger partial charge in [0.05, 0.1) is 10.7 Å². The van der Waals surface area contributed by atoms with Crippen molar-refractivity contribution >= 4 is 29.1 Å². The van der Waals surface area contributed by atoms with E-state index in [1.165, 1.54) is 17.0 Å². The summed E-state index contributed by atoms with van der Waals surface area (Å²) in [4.78, 5) is 34.6. The third kappa shape index (κ3) is 6.28. The molecule has 1 unspecified atom stereocenters. The van der Waals surface area contributed by atoms with Crippen LogP contribution >= 0.6 is 11.6 Å². The summed E-state index contributed by atoms with van der Waals surface area (Å²) in [5.74, 6) is -1.19. The number of pyridine rings is 1. The fraction of sp³-hybridized carbons (Fsp3) is 0.286. The van der Waals surface area contributed by atoms with Gasteiger partial charge in [-0.1, -0.05) is 67.3 Å². The van der Waals surface area contributed by atoms with Crippen LogP contribution in [0.4, 0.5) is 10.1 Å². The molecule has 5 rings (SSSR count). The van der Waals surface area contributed by atoms with E-state index in [1.807, 2.05) is 30.3 Å². The molecular formula is C28H27ClFN7O2. The Morgan fingerprint density at radius 2 is 1.82 bits per heavy atom. The quantitative estimate of drug-likeness (QED) is 0.341. The minimum Gasteiger partial charge on any atom is -0.351 e. The summed E-state index contributed by atoms with van der Waals surface area (Å²) >= 11 is 6.11. The molecule has 1 fully saturated rings. The Bertz CT molecular complexity index is 1430. The summed E-state index contributed by atoms with van der Waals surface area (Å²) in [5.41, 5.74) is 1.34. The van der Waals surface area contributed by atoms with Gasteiger partial charge in [-0.15, -0.1) is 10.2 Å². The minimum absolute atomic E-state index is 0.00312. The third-order valence-electron chi connectivity index (χ3n) is 6.64. The van der Waals surface area contributed by atoms with Crippen molar-refractivity contribution in [2.45, 2.75) is 50.7 Å². The molecule has 0 saturated heterocycles. The number of aromatic nitrogens is 5. The van der Waals surface area contributed by atoms with Crippen LogP contribution < -0.4 is 10.2 Å². The first-order valence-corrected chi connectivity index (χ1v) is 13.2. The number of hydrogen-bond donors (Lipinski definition) is 1. The van der Waals surface area contributed by atoms with E-state index in [0.29, 0.717) is 11.5 Å². The average molecular weight is 548 g/mol. The molecule has 2 heterocycles. The maximum absolute atomic E-state index is 14.1. The van der Waals surface area contributed by atoms with Gasteiger partial charge in [-0.2, -0.15) is 4.80 Å². The molecule has 11 heteroatoms. The fourth-order valence-electron chi connectivity index (χ4n) is 4.73. The Hall–Kier alpha value is -4.18. The van der Waals surface area contributed by atoms with Crippen LogP contribution in [0.25, 0.3) is 11.4 Å². The Balaban J connectivity index is 1.51. The molecule has 1 aliphatic carbocycles. The van der Waals surface area contributed by atoms with Crippen LogP contribution in [0.5, 0.6) is 0 Å². The zero-order chi connectivity index (χ0) is 27.2. The number of carbonyl (C=O) groups excluding carboxylic acids is 2. The number of rotatable bonds is 8. The number of nitrogens with one attached hydrogen (secondary N) is 1. The highest BCUT2D eigenvalue weighted by molar-refractivity contribution is 6.31. The predicted molar refractivity (Wildman–Crippen MR) is 144 cm³/mol. The van der Waals surface area contributed by atoms with E-state index in [9.17, 15) is 14.0 Å². The number of amides is 2. The number of halogens is 2. The molecule has 0 radical (unpaired) electrons. The predicted octanol–water partition coefficient (Wildman–Crippen LogP) is 4.75. The molecule has 1 saturated carbocycles. The van der Waals surface area contributed by atoms with Crippen molar-refractivity contribution in [1.82, 2.24) is 30.5 Å². The van der Waals surface area contributed by atoms with Crippen molar-refractivity contribution in [2.75, 3.05) is 4.90 Å². The first-order valence-electron chi connectivity index (χ1n) is 12.8. The summed E-state index contributed by atoms with van der Waals surface area (Å²) < 4.78 is 14.1. The number of nitrogens with zero attached hydrogens (tertiary/aromatic N) is 6. The molecule has 0 bridgehead atoms. The van der Waals surface area contributed by atoms with Gasteiger partial charge >= 0.3 is 0 Å². The maximum Gasteiger partial charge on any atom is 0.251 e. The number of anilines is 1. The molecular weight excluding hydrogens is 521 g/mol. The second-order valence-electron chi connectivity index (χ2n) is 9.37. The van der Waals surface area contributed by atoms with E-state index >= 15 is 0 Å². The molecule has 1 atom stereocenters. The Kier molecular flexibility index (Phi) is 8.21. The molecule has 2 aromatic heterocycles. The number of tetrazole rings is 1. The van der Waals surface area contributed by atoms with Crippen LogP contribution in [-0.2, 0) is 16.1 Å². The Morgan fingerprint density at radius 3 is 2.54 bits per heavy atom. The van der Waals surface area contributed by atoms with Crippen LogP contribution in [0.15, 0.2) is 72.9 Å². The normalized spacial score (nSPS) is 14.5. The summed E-state index contributed by atoms with van der Waals surface area (Å²) in [7, 11) is 0. The molecule has 0 spiro atoms. The second kappa shape index (κ2) is 12.1. The lowest BCUT2D eigenvalue weighted by Crippen LogP contribution is -2.48. The molecule has 0 aliphatic heterocycles. The van der Waals surface area contributed by atoms with E-state index in [-0.39, 0.29) is 29.2 Å². The van der Waals surface area contributed by atoms with Gasteiger partial charge in [0.15, 0.2) is 6.04 Å². The highest BCUT2D eigenvalue weighted by Gasteiger charge is 2.35. The van der Waals surface area contributed by atoms with E-state index in [1.54, 1.807) is 24.4 Å². The zero-order valence-electron chi connectivity index (χ0n) is 21.1. The van der Waals surface area contributed by atoms with Crippen molar-refractivity contribution in [3.63, 3.8) is 0 Å². The summed E-state index contributed by atoms with van der Waals surface area (Å²) in [5, 5.41) is 15.4. The van der Waals surface area contributed by atoms with Crippen LogP contribution in [0.2, 0.25) is 5.02 Å². The average Bonchev–Trinajstić information content (AvgIpc) is 3.43. The smallest absolute Gasteiger partial charge is 0.251 e. The van der Waals surface area contributed by atoms with Crippen LogP contribution in [-0.4, -0.2) is 43.0 Å². The molecule has 4 aromatic rings. The highest BCUT2D eigenvalue weighted by Crippen LogP contribution is 2.31. The summed E-state index contributed by atoms with van der Waals surface area (Å²) in [6.45, 7) is -0.325. The number of carbonyl (C=O) groups is 2. The SMILES string of the molecule is O=C(NC1CCCCC1)C(c1ccccn1)N(C(=O)Cn1nnc(-c2ccccc2)n1)c1ccc(F)c(Cl)c1. The van der Waals surface area contributed by atoms with Gasteiger partial charge in [0.1, 0.15) is 12.4 Å². The monoisotopic (exact) mass is 547 g/mol. The topological polar surface area (TPSA) is 106 Å². The summed E-state index contributed by atoms with van der Waals surface area (Å²) in [6, 6.07) is 17.1. The number of hydrogen-bond acceptors (Lipinski definition) is 6. The van der Waals surface area contributed by atoms with Crippen molar-refractivity contribution < 1.29 is 14.0 Å². The lowest BCUT2D eigenvalue weighted by Gasteiger charge is -2.32. The minimum atomic E-state index is -1.14. The second-order valence-corrected chi connectivity index (χ2v) is 9.78. The fourth-order valence-corrected chi connectivity index (χ4v) is 4.91. The zero-order valence-corrected chi connectivity index (χ0v) is 21.8. The van der Waals surface area contributed by atoms with Gasteiger partial charge in [0, 0.05) is 23.5 Å². The van der Waals surface area contributed by atoms with Gasteiger partial charge in [0.2, 0.25) is 11.7 Å². The Labute approximate surface area is 230 Å². The molecule has 2 amide bonds. The molecule has 1 aliphatic rings. The molecule has 9 nitrogen and oxygen atoms in total.